The molecule has 2 aliphatic heterocycles. The number of hydrogen-bond donors (Lipinski definition) is 0. The first-order valence-corrected chi connectivity index (χ1v) is 8.73. The number of carbonyl (C=O) groups excluding carboxylic acids is 1. The van der Waals surface area contributed by atoms with Crippen LogP contribution < -0.4 is 9.47 Å². The van der Waals surface area contributed by atoms with E-state index < -0.39 is 34.5 Å². The number of fused-ring (bicyclic) bond motifs is 1. The van der Waals surface area contributed by atoms with Gasteiger partial charge >= 0.3 is 12.3 Å². The van der Waals surface area contributed by atoms with E-state index in [4.69, 9.17) is 14.2 Å². The molecule has 1 fully saturated rings. The molecule has 154 valence electrons. The molecule has 0 radical (unpaired) electrons. The predicted octanol–water partition coefficient (Wildman–Crippen LogP) is 4.33. The zero-order valence-corrected chi connectivity index (χ0v) is 15.2. The average Bonchev–Trinajstić information content (AvgIpc) is 3.04. The number of likely N-dealkylation sites (tertiary alicyclic amines) is 1. The number of halogens is 3. The highest BCUT2D eigenvalue weighted by molar-refractivity contribution is 5.69. The molecule has 0 aromatic heterocycles. The van der Waals surface area contributed by atoms with Gasteiger partial charge < -0.3 is 19.1 Å². The number of rotatable bonds is 3. The Labute approximate surface area is 158 Å². The summed E-state index contributed by atoms with van der Waals surface area (Å²) in [5.41, 5.74) is -1.67. The third-order valence-electron chi connectivity index (χ3n) is 4.92. The molecule has 1 aromatic rings. The zero-order valence-electron chi connectivity index (χ0n) is 15.2. The van der Waals surface area contributed by atoms with Gasteiger partial charge in [0, 0.05) is 12.1 Å². The molecule has 2 aliphatic rings. The first-order chi connectivity index (χ1) is 13.1. The molecule has 11 heteroatoms. The Morgan fingerprint density at radius 2 is 1.82 bits per heavy atom. The van der Waals surface area contributed by atoms with Crippen molar-refractivity contribution in [3.05, 3.63) is 27.8 Å². The van der Waals surface area contributed by atoms with Gasteiger partial charge in [0.15, 0.2) is 11.5 Å². The molecule has 28 heavy (non-hydrogen) atoms. The smallest absolute Gasteiger partial charge is 0.430 e. The first kappa shape index (κ1) is 20.0. The molecule has 1 saturated heterocycles. The van der Waals surface area contributed by atoms with Crippen LogP contribution in [0.1, 0.15) is 44.8 Å². The monoisotopic (exact) mass is 404 g/mol. The lowest BCUT2D eigenvalue weighted by Gasteiger charge is -2.38. The molecule has 0 aliphatic carbocycles. The summed E-state index contributed by atoms with van der Waals surface area (Å²) in [5, 5.41) is 11.3. The maximum absolute atomic E-state index is 13.7. The highest BCUT2D eigenvalue weighted by Gasteiger charge is 2.49. The predicted molar refractivity (Wildman–Crippen MR) is 89.1 cm³/mol. The van der Waals surface area contributed by atoms with Crippen molar-refractivity contribution in [1.82, 2.24) is 4.90 Å². The van der Waals surface area contributed by atoms with Crippen molar-refractivity contribution in [3.8, 4) is 11.5 Å². The molecule has 3 unspecified atom stereocenters. The van der Waals surface area contributed by atoms with Gasteiger partial charge in [-0.1, -0.05) is 0 Å². The highest BCUT2D eigenvalue weighted by Crippen LogP contribution is 2.46. The van der Waals surface area contributed by atoms with E-state index in [1.807, 2.05) is 0 Å². The lowest BCUT2D eigenvalue weighted by Crippen LogP contribution is -2.48. The lowest BCUT2D eigenvalue weighted by atomic mass is 9.98. The molecule has 1 amide bonds. The van der Waals surface area contributed by atoms with Crippen molar-refractivity contribution in [3.63, 3.8) is 0 Å². The standard InChI is InChI=1S/C17H19F3N2O6/c1-9-4-3-5-10(2)21(9)16(23)28-15(17(18,19)20)11-6-13-14(27-8-26-13)7-12(11)22(24)25/h6-7,9-10,15H,3-5,8H2,1-2H3. The maximum Gasteiger partial charge on any atom is 0.430 e. The molecule has 0 bridgehead atoms. The fourth-order valence-corrected chi connectivity index (χ4v) is 3.56. The summed E-state index contributed by atoms with van der Waals surface area (Å²) in [5.74, 6) is -0.119. The molecule has 0 spiro atoms. The molecule has 0 saturated carbocycles. The van der Waals surface area contributed by atoms with Crippen LogP contribution in [0.3, 0.4) is 0 Å². The van der Waals surface area contributed by atoms with Gasteiger partial charge in [-0.25, -0.2) is 4.79 Å². The summed E-state index contributed by atoms with van der Waals surface area (Å²) < 4.78 is 56.0. The van der Waals surface area contributed by atoms with Crippen LogP contribution in [0, 0.1) is 10.1 Å². The normalized spacial score (nSPS) is 22.7. The summed E-state index contributed by atoms with van der Waals surface area (Å²) in [6.45, 7) is 3.18. The summed E-state index contributed by atoms with van der Waals surface area (Å²) in [6, 6.07) is 1.10. The number of benzene rings is 1. The van der Waals surface area contributed by atoms with Gasteiger partial charge in [-0.2, -0.15) is 13.2 Å². The quantitative estimate of drug-likeness (QED) is 0.550. The van der Waals surface area contributed by atoms with E-state index >= 15 is 0 Å². The van der Waals surface area contributed by atoms with Crippen LogP contribution >= 0.6 is 0 Å². The van der Waals surface area contributed by atoms with Crippen LogP contribution in [0.2, 0.25) is 0 Å². The Balaban J connectivity index is 1.98. The molecule has 0 N–H and O–H groups in total. The van der Waals surface area contributed by atoms with E-state index in [0.29, 0.717) is 12.8 Å². The van der Waals surface area contributed by atoms with Gasteiger partial charge in [0.25, 0.3) is 5.69 Å². The third kappa shape index (κ3) is 3.78. The molecule has 3 rings (SSSR count). The molecular weight excluding hydrogens is 385 g/mol. The molecule has 2 heterocycles. The summed E-state index contributed by atoms with van der Waals surface area (Å²) in [7, 11) is 0. The van der Waals surface area contributed by atoms with Crippen LogP contribution in [-0.2, 0) is 4.74 Å². The SMILES string of the molecule is CC1CCCC(C)N1C(=O)OC(c1cc2c(cc1[N+](=O)[O-])OCO2)C(F)(F)F. The minimum absolute atomic E-state index is 0.0408. The van der Waals surface area contributed by atoms with Crippen molar-refractivity contribution in [1.29, 1.82) is 0 Å². The maximum atomic E-state index is 13.7. The number of ether oxygens (including phenoxy) is 3. The number of hydrogen-bond acceptors (Lipinski definition) is 6. The fourth-order valence-electron chi connectivity index (χ4n) is 3.56. The molecule has 3 atom stereocenters. The van der Waals surface area contributed by atoms with E-state index in [1.54, 1.807) is 13.8 Å². The Hall–Kier alpha value is -2.72. The number of nitro groups is 1. The number of carbonyl (C=O) groups is 1. The van der Waals surface area contributed by atoms with Gasteiger partial charge in [0.1, 0.15) is 0 Å². The Bertz CT molecular complexity index is 775. The average molecular weight is 404 g/mol. The van der Waals surface area contributed by atoms with Gasteiger partial charge in [0.05, 0.1) is 16.6 Å². The highest BCUT2D eigenvalue weighted by atomic mass is 19.4. The van der Waals surface area contributed by atoms with Crippen LogP contribution in [0.4, 0.5) is 23.7 Å². The number of nitro benzene ring substituents is 1. The number of piperidine rings is 1. The van der Waals surface area contributed by atoms with Crippen molar-refractivity contribution in [2.75, 3.05) is 6.79 Å². The fraction of sp³-hybridized carbons (Fsp3) is 0.588. The second-order valence-corrected chi connectivity index (χ2v) is 6.86. The summed E-state index contributed by atoms with van der Waals surface area (Å²) in [6.07, 6.45) is -6.90. The Morgan fingerprint density at radius 3 is 2.36 bits per heavy atom. The number of nitrogens with zero attached hydrogens (tertiary/aromatic N) is 2. The molecule has 8 nitrogen and oxygen atoms in total. The zero-order chi connectivity index (χ0) is 20.6. The molecule has 1 aromatic carbocycles. The van der Waals surface area contributed by atoms with Crippen molar-refractivity contribution in [2.45, 2.75) is 57.5 Å². The van der Waals surface area contributed by atoms with Gasteiger partial charge in [-0.15, -0.1) is 0 Å². The van der Waals surface area contributed by atoms with Crippen molar-refractivity contribution < 1.29 is 37.1 Å². The first-order valence-electron chi connectivity index (χ1n) is 8.73. The lowest BCUT2D eigenvalue weighted by molar-refractivity contribution is -0.387. The van der Waals surface area contributed by atoms with Crippen molar-refractivity contribution >= 4 is 11.8 Å². The van der Waals surface area contributed by atoms with Gasteiger partial charge in [0.2, 0.25) is 12.9 Å². The van der Waals surface area contributed by atoms with Gasteiger partial charge in [-0.05, 0) is 39.2 Å². The largest absolute Gasteiger partial charge is 0.454 e. The van der Waals surface area contributed by atoms with Gasteiger partial charge in [-0.3, -0.25) is 10.1 Å². The van der Waals surface area contributed by atoms with Crippen LogP contribution in [0.15, 0.2) is 12.1 Å². The minimum Gasteiger partial charge on any atom is -0.454 e. The van der Waals surface area contributed by atoms with E-state index in [1.165, 1.54) is 4.90 Å². The number of alkyl halides is 3. The van der Waals surface area contributed by atoms with Crippen molar-refractivity contribution in [2.24, 2.45) is 0 Å². The summed E-state index contributed by atoms with van der Waals surface area (Å²) >= 11 is 0. The Morgan fingerprint density at radius 1 is 1.25 bits per heavy atom. The Kier molecular flexibility index (Phi) is 5.26. The van der Waals surface area contributed by atoms with Crippen LogP contribution in [-0.4, -0.2) is 41.0 Å². The van der Waals surface area contributed by atoms with E-state index in [0.717, 1.165) is 18.6 Å². The number of amides is 1. The minimum atomic E-state index is -5.06. The van der Waals surface area contributed by atoms with Crippen LogP contribution in [0.25, 0.3) is 0 Å². The van der Waals surface area contributed by atoms with Crippen LogP contribution in [0.5, 0.6) is 11.5 Å². The third-order valence-corrected chi connectivity index (χ3v) is 4.92. The summed E-state index contributed by atoms with van der Waals surface area (Å²) in [4.78, 5) is 24.2. The molecular formula is C17H19F3N2O6. The second kappa shape index (κ2) is 7.36. The van der Waals surface area contributed by atoms with E-state index in [9.17, 15) is 28.1 Å². The second-order valence-electron chi connectivity index (χ2n) is 6.86. The van der Waals surface area contributed by atoms with E-state index in [-0.39, 0.29) is 30.4 Å². The topological polar surface area (TPSA) is 91.1 Å². The van der Waals surface area contributed by atoms with E-state index in [2.05, 4.69) is 0 Å².